The average Bonchev–Trinajstić information content (AvgIpc) is 3.72. The Hall–Kier alpha value is -4.81. The molecule has 6 heterocycles. The number of aromatic amines is 2. The number of rotatable bonds is 9. The van der Waals surface area contributed by atoms with Gasteiger partial charge in [0.25, 0.3) is 5.92 Å². The molecule has 6 aromatic rings. The van der Waals surface area contributed by atoms with Gasteiger partial charge in [0.1, 0.15) is 29.4 Å². The van der Waals surface area contributed by atoms with Crippen LogP contribution in [0.2, 0.25) is 0 Å². The lowest BCUT2D eigenvalue weighted by Gasteiger charge is -2.15. The van der Waals surface area contributed by atoms with Crippen LogP contribution in [0.15, 0.2) is 67.3 Å². The van der Waals surface area contributed by atoms with Crippen LogP contribution in [0, 0.1) is 5.82 Å². The van der Waals surface area contributed by atoms with E-state index in [9.17, 15) is 13.2 Å². The van der Waals surface area contributed by atoms with Crippen molar-refractivity contribution in [2.75, 3.05) is 40.3 Å². The highest BCUT2D eigenvalue weighted by Gasteiger charge is 2.37. The van der Waals surface area contributed by atoms with Gasteiger partial charge in [-0.25, -0.2) is 18.2 Å². The van der Waals surface area contributed by atoms with Gasteiger partial charge in [0.15, 0.2) is 0 Å². The number of ether oxygens (including phenoxy) is 1. The Morgan fingerprint density at radius 2 is 1.84 bits per heavy atom. The summed E-state index contributed by atoms with van der Waals surface area (Å²) in [5, 5.41) is 8.46. The number of aromatic nitrogens is 6. The predicted molar refractivity (Wildman–Crippen MR) is 166 cm³/mol. The van der Waals surface area contributed by atoms with Crippen molar-refractivity contribution in [1.82, 2.24) is 39.9 Å². The van der Waals surface area contributed by atoms with Crippen LogP contribution in [0.1, 0.15) is 12.0 Å². The van der Waals surface area contributed by atoms with Crippen molar-refractivity contribution in [2.24, 2.45) is 0 Å². The summed E-state index contributed by atoms with van der Waals surface area (Å²) >= 11 is 0. The predicted octanol–water partition coefficient (Wildman–Crippen LogP) is 6.15. The van der Waals surface area contributed by atoms with E-state index in [4.69, 9.17) is 9.72 Å². The standard InChI is InChI=1S/C33H31F3N8O/c1-43(2)7-8-45-24-11-21(10-23(34)12-24)26-16-38-17-30-25(26)13-29(39-30)32-31-28(41-42-32)4-3-27(40-31)22-9-20(14-37-15-22)18-44-6-5-33(35,36)19-44/h3-4,9-17,39H,5-8,18-19H2,1-2H3,(H,41,42). The summed E-state index contributed by atoms with van der Waals surface area (Å²) in [7, 11) is 3.90. The van der Waals surface area contributed by atoms with Crippen LogP contribution in [0.25, 0.3) is 55.7 Å². The summed E-state index contributed by atoms with van der Waals surface area (Å²) in [5.41, 5.74) is 7.21. The van der Waals surface area contributed by atoms with Crippen molar-refractivity contribution in [3.05, 3.63) is 78.6 Å². The smallest absolute Gasteiger partial charge is 0.261 e. The van der Waals surface area contributed by atoms with Crippen LogP contribution >= 0.6 is 0 Å². The van der Waals surface area contributed by atoms with E-state index in [1.807, 2.05) is 49.3 Å². The summed E-state index contributed by atoms with van der Waals surface area (Å²) in [4.78, 5) is 20.8. The zero-order valence-electron chi connectivity index (χ0n) is 24.8. The summed E-state index contributed by atoms with van der Waals surface area (Å²) in [5.74, 6) is -2.59. The molecule has 7 rings (SSSR count). The Balaban J connectivity index is 1.20. The quantitative estimate of drug-likeness (QED) is 0.202. The largest absolute Gasteiger partial charge is 0.492 e. The van der Waals surface area contributed by atoms with Crippen molar-refractivity contribution in [3.63, 3.8) is 0 Å². The highest BCUT2D eigenvalue weighted by molar-refractivity contribution is 6.00. The maximum atomic E-state index is 14.7. The third kappa shape index (κ3) is 6.11. The average molecular weight is 613 g/mol. The van der Waals surface area contributed by atoms with Crippen molar-refractivity contribution >= 4 is 21.9 Å². The summed E-state index contributed by atoms with van der Waals surface area (Å²) in [6.07, 6.45) is 6.73. The molecule has 1 aromatic carbocycles. The molecule has 230 valence electrons. The van der Waals surface area contributed by atoms with Crippen LogP contribution in [0.4, 0.5) is 13.2 Å². The molecule has 5 aromatic heterocycles. The second kappa shape index (κ2) is 11.6. The topological polar surface area (TPSA) is 98.8 Å². The fourth-order valence-electron chi connectivity index (χ4n) is 5.72. The van der Waals surface area contributed by atoms with E-state index >= 15 is 0 Å². The Labute approximate surface area is 257 Å². The minimum atomic E-state index is -2.64. The molecule has 0 amide bonds. The molecule has 9 nitrogen and oxygen atoms in total. The Bertz CT molecular complexity index is 2000. The van der Waals surface area contributed by atoms with E-state index in [-0.39, 0.29) is 13.0 Å². The van der Waals surface area contributed by atoms with Crippen molar-refractivity contribution in [1.29, 1.82) is 0 Å². The van der Waals surface area contributed by atoms with E-state index in [1.165, 1.54) is 12.1 Å². The van der Waals surface area contributed by atoms with Gasteiger partial charge < -0.3 is 14.6 Å². The van der Waals surface area contributed by atoms with Crippen LogP contribution in [0.5, 0.6) is 5.75 Å². The zero-order valence-corrected chi connectivity index (χ0v) is 24.8. The highest BCUT2D eigenvalue weighted by Crippen LogP contribution is 2.35. The molecule has 0 aliphatic carbocycles. The first kappa shape index (κ1) is 28.9. The number of fused-ring (bicyclic) bond motifs is 2. The Morgan fingerprint density at radius 3 is 2.67 bits per heavy atom. The molecular weight excluding hydrogens is 581 g/mol. The van der Waals surface area contributed by atoms with Crippen molar-refractivity contribution in [3.8, 4) is 39.5 Å². The van der Waals surface area contributed by atoms with Crippen molar-refractivity contribution in [2.45, 2.75) is 18.9 Å². The van der Waals surface area contributed by atoms with E-state index in [2.05, 4.69) is 25.1 Å². The maximum Gasteiger partial charge on any atom is 0.261 e. The van der Waals surface area contributed by atoms with Gasteiger partial charge in [-0.2, -0.15) is 5.10 Å². The monoisotopic (exact) mass is 612 g/mol. The molecule has 0 unspecified atom stereocenters. The molecule has 0 saturated carbocycles. The van der Waals surface area contributed by atoms with Gasteiger partial charge in [-0.05, 0) is 61.6 Å². The molecule has 0 atom stereocenters. The van der Waals surface area contributed by atoms with Crippen LogP contribution in [0.3, 0.4) is 0 Å². The summed E-state index contributed by atoms with van der Waals surface area (Å²) in [6.45, 7) is 1.65. The first-order valence-electron chi connectivity index (χ1n) is 14.7. The number of likely N-dealkylation sites (N-methyl/N-ethyl adjacent to an activating group) is 1. The second-order valence-corrected chi connectivity index (χ2v) is 11.7. The van der Waals surface area contributed by atoms with Gasteiger partial charge >= 0.3 is 0 Å². The number of pyridine rings is 3. The molecule has 0 radical (unpaired) electrons. The van der Waals surface area contributed by atoms with Gasteiger partial charge in [-0.1, -0.05) is 0 Å². The number of benzene rings is 1. The molecule has 1 aliphatic heterocycles. The first-order chi connectivity index (χ1) is 21.7. The number of nitrogens with zero attached hydrogens (tertiary/aromatic N) is 6. The normalized spacial score (nSPS) is 15.1. The summed E-state index contributed by atoms with van der Waals surface area (Å²) < 4.78 is 47.9. The second-order valence-electron chi connectivity index (χ2n) is 11.7. The van der Waals surface area contributed by atoms with E-state index in [0.29, 0.717) is 54.5 Å². The number of halogens is 3. The van der Waals surface area contributed by atoms with Gasteiger partial charge in [-0.15, -0.1) is 0 Å². The van der Waals surface area contributed by atoms with Gasteiger partial charge in [0.2, 0.25) is 0 Å². The Kier molecular flexibility index (Phi) is 7.46. The van der Waals surface area contributed by atoms with E-state index in [1.54, 1.807) is 29.7 Å². The number of hydrogen-bond acceptors (Lipinski definition) is 7. The van der Waals surface area contributed by atoms with E-state index in [0.717, 1.165) is 38.8 Å². The molecule has 0 spiro atoms. The number of likely N-dealkylation sites (tertiary alicyclic amines) is 1. The SMILES string of the molecule is CN(C)CCOc1cc(F)cc(-c2cncc3[nH]c(-c4n[nH]c5ccc(-c6cncc(CN7CCC(F)(F)C7)c6)nc45)cc23)c1. The number of hydrogen-bond donors (Lipinski definition) is 2. The third-order valence-electron chi connectivity index (χ3n) is 7.94. The lowest BCUT2D eigenvalue weighted by atomic mass is 10.0. The molecule has 0 bridgehead atoms. The number of nitrogens with one attached hydrogen (secondary N) is 2. The fraction of sp³-hybridized carbons (Fsp3) is 0.273. The van der Waals surface area contributed by atoms with Crippen molar-refractivity contribution < 1.29 is 17.9 Å². The zero-order chi connectivity index (χ0) is 31.1. The molecule has 1 saturated heterocycles. The number of alkyl halides is 2. The van der Waals surface area contributed by atoms with Crippen LogP contribution in [-0.4, -0.2) is 86.2 Å². The highest BCUT2D eigenvalue weighted by atomic mass is 19.3. The lowest BCUT2D eigenvalue weighted by molar-refractivity contribution is 0.0115. The third-order valence-corrected chi connectivity index (χ3v) is 7.94. The lowest BCUT2D eigenvalue weighted by Crippen LogP contribution is -2.24. The summed E-state index contributed by atoms with van der Waals surface area (Å²) in [6, 6.07) is 12.3. The molecule has 2 N–H and O–H groups in total. The minimum Gasteiger partial charge on any atom is -0.492 e. The van der Waals surface area contributed by atoms with Crippen LogP contribution < -0.4 is 4.74 Å². The maximum absolute atomic E-state index is 14.7. The first-order valence-corrected chi connectivity index (χ1v) is 14.7. The Morgan fingerprint density at radius 1 is 0.978 bits per heavy atom. The van der Waals surface area contributed by atoms with Gasteiger partial charge in [0, 0.05) is 67.2 Å². The molecule has 1 aliphatic rings. The van der Waals surface area contributed by atoms with E-state index < -0.39 is 11.7 Å². The molecular formula is C33H31F3N8O. The minimum absolute atomic E-state index is 0.123. The molecule has 45 heavy (non-hydrogen) atoms. The van der Waals surface area contributed by atoms with Crippen LogP contribution in [-0.2, 0) is 6.54 Å². The van der Waals surface area contributed by atoms with Gasteiger partial charge in [-0.3, -0.25) is 20.0 Å². The number of H-pyrrole nitrogens is 2. The molecule has 12 heteroatoms. The van der Waals surface area contributed by atoms with Gasteiger partial charge in [0.05, 0.1) is 35.2 Å². The fourth-order valence-corrected chi connectivity index (χ4v) is 5.72. The molecule has 1 fully saturated rings.